The van der Waals surface area contributed by atoms with Gasteiger partial charge in [-0.25, -0.2) is 0 Å². The van der Waals surface area contributed by atoms with Crippen LogP contribution in [0.1, 0.15) is 5.56 Å². The summed E-state index contributed by atoms with van der Waals surface area (Å²) in [7, 11) is 0. The standard InChI is InChI=1S/C10H10BrClO2/c11-10-3-2-9(6-8(10)7-13)14-5-1-4-12/h1-4,6,13H,5,7H2/b4-1+. The van der Waals surface area contributed by atoms with Gasteiger partial charge in [-0.2, -0.15) is 0 Å². The largest absolute Gasteiger partial charge is 0.489 e. The molecule has 0 aromatic heterocycles. The fourth-order valence-electron chi connectivity index (χ4n) is 0.943. The van der Waals surface area contributed by atoms with Crippen LogP contribution in [-0.2, 0) is 6.61 Å². The molecule has 0 atom stereocenters. The van der Waals surface area contributed by atoms with Gasteiger partial charge in [0.15, 0.2) is 0 Å². The van der Waals surface area contributed by atoms with Crippen LogP contribution >= 0.6 is 27.5 Å². The monoisotopic (exact) mass is 276 g/mol. The van der Waals surface area contributed by atoms with Gasteiger partial charge in [0.25, 0.3) is 0 Å². The summed E-state index contributed by atoms with van der Waals surface area (Å²) >= 11 is 8.67. The van der Waals surface area contributed by atoms with Crippen molar-refractivity contribution in [2.75, 3.05) is 6.61 Å². The molecule has 4 heteroatoms. The molecular weight excluding hydrogens is 267 g/mol. The summed E-state index contributed by atoms with van der Waals surface area (Å²) in [5, 5.41) is 8.99. The molecule has 0 unspecified atom stereocenters. The highest BCUT2D eigenvalue weighted by molar-refractivity contribution is 9.10. The van der Waals surface area contributed by atoms with Gasteiger partial charge >= 0.3 is 0 Å². The zero-order valence-corrected chi connectivity index (χ0v) is 9.75. The van der Waals surface area contributed by atoms with Gasteiger partial charge < -0.3 is 9.84 Å². The highest BCUT2D eigenvalue weighted by Crippen LogP contribution is 2.22. The van der Waals surface area contributed by atoms with Crippen molar-refractivity contribution >= 4 is 27.5 Å². The molecule has 1 N–H and O–H groups in total. The molecule has 0 fully saturated rings. The molecule has 1 aromatic rings. The number of hydrogen-bond donors (Lipinski definition) is 1. The predicted octanol–water partition coefficient (Wildman–Crippen LogP) is 3.07. The first-order chi connectivity index (χ1) is 6.77. The predicted molar refractivity (Wildman–Crippen MR) is 60.6 cm³/mol. The molecule has 1 aromatic carbocycles. The summed E-state index contributed by atoms with van der Waals surface area (Å²) in [5.41, 5.74) is 2.21. The molecule has 14 heavy (non-hydrogen) atoms. The minimum absolute atomic E-state index is 0.0108. The molecule has 2 nitrogen and oxygen atoms in total. The van der Waals surface area contributed by atoms with Crippen LogP contribution in [0.3, 0.4) is 0 Å². The van der Waals surface area contributed by atoms with Crippen LogP contribution in [0.2, 0.25) is 0 Å². The summed E-state index contributed by atoms with van der Waals surface area (Å²) < 4.78 is 6.22. The van der Waals surface area contributed by atoms with E-state index in [4.69, 9.17) is 21.4 Å². The number of hydrogen-bond acceptors (Lipinski definition) is 2. The Morgan fingerprint density at radius 2 is 2.29 bits per heavy atom. The Hall–Kier alpha value is -0.510. The van der Waals surface area contributed by atoms with Gasteiger partial charge in [-0.05, 0) is 29.8 Å². The van der Waals surface area contributed by atoms with E-state index in [0.717, 1.165) is 10.0 Å². The molecule has 0 saturated carbocycles. The van der Waals surface area contributed by atoms with Crippen LogP contribution in [0.15, 0.2) is 34.3 Å². The van der Waals surface area contributed by atoms with Crippen molar-refractivity contribution in [2.45, 2.75) is 6.61 Å². The summed E-state index contributed by atoms with van der Waals surface area (Å²) in [5.74, 6) is 0.715. The molecule has 0 radical (unpaired) electrons. The number of halogens is 2. The van der Waals surface area contributed by atoms with Crippen molar-refractivity contribution in [2.24, 2.45) is 0 Å². The molecule has 1 rings (SSSR count). The minimum atomic E-state index is -0.0108. The van der Waals surface area contributed by atoms with Crippen molar-refractivity contribution in [1.29, 1.82) is 0 Å². The number of rotatable bonds is 4. The fraction of sp³-hybridized carbons (Fsp3) is 0.200. The average molecular weight is 278 g/mol. The third-order valence-corrected chi connectivity index (χ3v) is 2.57. The maximum absolute atomic E-state index is 8.99. The van der Waals surface area contributed by atoms with Crippen LogP contribution < -0.4 is 4.74 Å². The van der Waals surface area contributed by atoms with Gasteiger partial charge in [0.05, 0.1) is 6.61 Å². The summed E-state index contributed by atoms with van der Waals surface area (Å²) in [6, 6.07) is 5.45. The molecule has 0 aliphatic rings. The van der Waals surface area contributed by atoms with Crippen LogP contribution in [0.25, 0.3) is 0 Å². The van der Waals surface area contributed by atoms with E-state index in [9.17, 15) is 0 Å². The van der Waals surface area contributed by atoms with E-state index in [0.29, 0.717) is 12.4 Å². The smallest absolute Gasteiger partial charge is 0.120 e. The average Bonchev–Trinajstić information content (AvgIpc) is 2.21. The summed E-state index contributed by atoms with van der Waals surface area (Å²) in [6.07, 6.45) is 1.70. The lowest BCUT2D eigenvalue weighted by atomic mass is 10.2. The molecule has 0 amide bonds. The van der Waals surface area contributed by atoms with Gasteiger partial charge in [-0.3, -0.25) is 0 Å². The highest BCUT2D eigenvalue weighted by Gasteiger charge is 2.00. The maximum atomic E-state index is 8.99. The lowest BCUT2D eigenvalue weighted by molar-refractivity contribution is 0.279. The Bertz CT molecular complexity index is 326. The van der Waals surface area contributed by atoms with Gasteiger partial charge in [-0.1, -0.05) is 27.5 Å². The van der Waals surface area contributed by atoms with E-state index in [1.165, 1.54) is 5.54 Å². The van der Waals surface area contributed by atoms with Gasteiger partial charge in [0.2, 0.25) is 0 Å². The summed E-state index contributed by atoms with van der Waals surface area (Å²) in [6.45, 7) is 0.416. The molecule has 0 spiro atoms. The first-order valence-corrected chi connectivity index (χ1v) is 5.28. The normalized spacial score (nSPS) is 10.8. The second-order valence-corrected chi connectivity index (χ2v) is 3.69. The lowest BCUT2D eigenvalue weighted by Gasteiger charge is -2.06. The quantitative estimate of drug-likeness (QED) is 0.916. The van der Waals surface area contributed by atoms with Gasteiger partial charge in [0, 0.05) is 10.0 Å². The van der Waals surface area contributed by atoms with Crippen LogP contribution in [0.4, 0.5) is 0 Å². The number of aliphatic hydroxyl groups is 1. The molecule has 76 valence electrons. The van der Waals surface area contributed by atoms with E-state index < -0.39 is 0 Å². The second kappa shape index (κ2) is 6.06. The first-order valence-electron chi connectivity index (χ1n) is 4.05. The zero-order valence-electron chi connectivity index (χ0n) is 7.41. The molecule has 0 heterocycles. The van der Waals surface area contributed by atoms with E-state index in [-0.39, 0.29) is 6.61 Å². The van der Waals surface area contributed by atoms with Crippen LogP contribution in [0.5, 0.6) is 5.75 Å². The lowest BCUT2D eigenvalue weighted by Crippen LogP contribution is -1.94. The Kier molecular flexibility index (Phi) is 5.01. The van der Waals surface area contributed by atoms with Gasteiger partial charge in [-0.15, -0.1) is 0 Å². The fourth-order valence-corrected chi connectivity index (χ4v) is 1.39. The van der Waals surface area contributed by atoms with Crippen molar-refractivity contribution in [3.8, 4) is 5.75 Å². The Balaban J connectivity index is 2.69. The van der Waals surface area contributed by atoms with Crippen molar-refractivity contribution in [3.05, 3.63) is 39.8 Å². The van der Waals surface area contributed by atoms with Crippen molar-refractivity contribution < 1.29 is 9.84 Å². The van der Waals surface area contributed by atoms with E-state index in [1.54, 1.807) is 12.1 Å². The number of benzene rings is 1. The maximum Gasteiger partial charge on any atom is 0.120 e. The Morgan fingerprint density at radius 3 is 2.93 bits per heavy atom. The van der Waals surface area contributed by atoms with Crippen LogP contribution in [0, 0.1) is 0 Å². The zero-order chi connectivity index (χ0) is 10.4. The number of aliphatic hydroxyl groups excluding tert-OH is 1. The molecule has 0 bridgehead atoms. The molecular formula is C10H10BrClO2. The second-order valence-electron chi connectivity index (χ2n) is 2.58. The van der Waals surface area contributed by atoms with E-state index >= 15 is 0 Å². The van der Waals surface area contributed by atoms with Crippen molar-refractivity contribution in [3.63, 3.8) is 0 Å². The van der Waals surface area contributed by atoms with E-state index in [1.807, 2.05) is 12.1 Å². The third kappa shape index (κ3) is 3.33. The SMILES string of the molecule is OCc1cc(OC/C=C/Cl)ccc1Br. The molecule has 0 saturated heterocycles. The molecule has 0 aliphatic heterocycles. The molecule has 0 aliphatic carbocycles. The minimum Gasteiger partial charge on any atom is -0.489 e. The Morgan fingerprint density at radius 1 is 1.50 bits per heavy atom. The third-order valence-electron chi connectivity index (χ3n) is 1.62. The first kappa shape index (κ1) is 11.6. The van der Waals surface area contributed by atoms with Crippen molar-refractivity contribution in [1.82, 2.24) is 0 Å². The Labute approximate surface area is 96.3 Å². The topological polar surface area (TPSA) is 29.5 Å². The van der Waals surface area contributed by atoms with Gasteiger partial charge in [0.1, 0.15) is 12.4 Å². The van der Waals surface area contributed by atoms with Crippen LogP contribution in [-0.4, -0.2) is 11.7 Å². The number of ether oxygens (including phenoxy) is 1. The summed E-state index contributed by atoms with van der Waals surface area (Å²) in [4.78, 5) is 0. The highest BCUT2D eigenvalue weighted by atomic mass is 79.9. The van der Waals surface area contributed by atoms with E-state index in [2.05, 4.69) is 15.9 Å².